The molecule has 0 radical (unpaired) electrons. The lowest BCUT2D eigenvalue weighted by atomic mass is 9.86. The predicted octanol–water partition coefficient (Wildman–Crippen LogP) is 1.27. The highest BCUT2D eigenvalue weighted by molar-refractivity contribution is 7.98. The van der Waals surface area contributed by atoms with E-state index < -0.39 is 11.5 Å². The molecule has 1 heterocycles. The minimum absolute atomic E-state index is 0.0232. The van der Waals surface area contributed by atoms with Gasteiger partial charge in [0.05, 0.1) is 12.0 Å². The van der Waals surface area contributed by atoms with E-state index in [-0.39, 0.29) is 12.3 Å². The van der Waals surface area contributed by atoms with Crippen LogP contribution in [-0.2, 0) is 14.3 Å². The fourth-order valence-electron chi connectivity index (χ4n) is 2.13. The highest BCUT2D eigenvalue weighted by Gasteiger charge is 2.36. The van der Waals surface area contributed by atoms with Gasteiger partial charge in [0.1, 0.15) is 0 Å². The van der Waals surface area contributed by atoms with Crippen molar-refractivity contribution in [3.8, 4) is 0 Å². The quantitative estimate of drug-likeness (QED) is 0.684. The van der Waals surface area contributed by atoms with E-state index in [1.165, 1.54) is 0 Å². The summed E-state index contributed by atoms with van der Waals surface area (Å²) in [6, 6.07) is 0. The molecular weight excluding hydrogens is 254 g/mol. The molecule has 5 nitrogen and oxygen atoms in total. The number of rotatable bonds is 7. The van der Waals surface area contributed by atoms with Crippen LogP contribution in [0, 0.1) is 0 Å². The van der Waals surface area contributed by atoms with Crippen molar-refractivity contribution in [1.29, 1.82) is 0 Å². The lowest BCUT2D eigenvalue weighted by Crippen LogP contribution is -2.53. The molecule has 1 fully saturated rings. The van der Waals surface area contributed by atoms with Gasteiger partial charge in [-0.05, 0) is 31.3 Å². The van der Waals surface area contributed by atoms with Crippen LogP contribution in [0.3, 0.4) is 0 Å². The highest BCUT2D eigenvalue weighted by atomic mass is 32.2. The smallest absolute Gasteiger partial charge is 0.305 e. The van der Waals surface area contributed by atoms with Gasteiger partial charge in [0.15, 0.2) is 0 Å². The third-order valence-electron chi connectivity index (χ3n) is 3.10. The monoisotopic (exact) mass is 275 g/mol. The molecule has 0 spiro atoms. The molecule has 0 atom stereocenters. The van der Waals surface area contributed by atoms with Crippen LogP contribution in [0.1, 0.15) is 32.1 Å². The molecule has 104 valence electrons. The normalized spacial score (nSPS) is 18.3. The molecule has 1 saturated heterocycles. The molecule has 1 rings (SSSR count). The Balaban J connectivity index is 2.49. The summed E-state index contributed by atoms with van der Waals surface area (Å²) in [6.45, 7) is 1.02. The van der Waals surface area contributed by atoms with Crippen molar-refractivity contribution in [2.24, 2.45) is 0 Å². The van der Waals surface area contributed by atoms with Gasteiger partial charge in [0, 0.05) is 19.6 Å². The largest absolute Gasteiger partial charge is 0.481 e. The average molecular weight is 275 g/mol. The van der Waals surface area contributed by atoms with Crippen LogP contribution in [0.25, 0.3) is 0 Å². The van der Waals surface area contributed by atoms with Crippen molar-refractivity contribution in [2.45, 2.75) is 37.6 Å². The standard InChI is InChI=1S/C12H21NO4S/c1-18-8-2-3-10(14)13-12(9-11(15)16)4-6-17-7-5-12/h2-9H2,1H3,(H,13,14)(H,15,16). The Morgan fingerprint density at radius 3 is 2.61 bits per heavy atom. The van der Waals surface area contributed by atoms with E-state index in [1.807, 2.05) is 6.26 Å². The number of hydrogen-bond donors (Lipinski definition) is 2. The summed E-state index contributed by atoms with van der Waals surface area (Å²) in [6.07, 6.45) is 4.42. The van der Waals surface area contributed by atoms with Crippen LogP contribution in [0.2, 0.25) is 0 Å². The molecule has 0 aromatic heterocycles. The molecule has 0 aromatic rings. The van der Waals surface area contributed by atoms with Crippen molar-refractivity contribution in [2.75, 3.05) is 25.2 Å². The number of carboxylic acids is 1. The third-order valence-corrected chi connectivity index (χ3v) is 3.79. The Hall–Kier alpha value is -0.750. The van der Waals surface area contributed by atoms with Crippen molar-refractivity contribution in [3.05, 3.63) is 0 Å². The van der Waals surface area contributed by atoms with Crippen molar-refractivity contribution >= 4 is 23.6 Å². The Labute approximate surface area is 112 Å². The van der Waals surface area contributed by atoms with Gasteiger partial charge in [-0.1, -0.05) is 0 Å². The summed E-state index contributed by atoms with van der Waals surface area (Å²) in [5, 5.41) is 11.9. The second-order valence-electron chi connectivity index (χ2n) is 4.61. The minimum atomic E-state index is -0.874. The first-order valence-electron chi connectivity index (χ1n) is 6.17. The second-order valence-corrected chi connectivity index (χ2v) is 5.59. The Bertz CT molecular complexity index is 290. The lowest BCUT2D eigenvalue weighted by Gasteiger charge is -2.36. The summed E-state index contributed by atoms with van der Waals surface area (Å²) in [5.41, 5.74) is -0.611. The van der Waals surface area contributed by atoms with E-state index in [2.05, 4.69) is 5.32 Å². The topological polar surface area (TPSA) is 75.6 Å². The maximum Gasteiger partial charge on any atom is 0.305 e. The van der Waals surface area contributed by atoms with Gasteiger partial charge in [-0.3, -0.25) is 9.59 Å². The molecule has 0 bridgehead atoms. The van der Waals surface area contributed by atoms with Crippen LogP contribution < -0.4 is 5.32 Å². The fourth-order valence-corrected chi connectivity index (χ4v) is 2.57. The molecule has 6 heteroatoms. The third kappa shape index (κ3) is 5.27. The number of aliphatic carboxylic acids is 1. The SMILES string of the molecule is CSCCCC(=O)NC1(CC(=O)O)CCOCC1. The molecule has 1 aliphatic rings. The van der Waals surface area contributed by atoms with Crippen LogP contribution in [0.15, 0.2) is 0 Å². The van der Waals surface area contributed by atoms with Gasteiger partial charge in [0.2, 0.25) is 5.91 Å². The zero-order chi connectivity index (χ0) is 13.4. The number of amides is 1. The van der Waals surface area contributed by atoms with Crippen LogP contribution in [0.4, 0.5) is 0 Å². The number of nitrogens with one attached hydrogen (secondary N) is 1. The van der Waals surface area contributed by atoms with Gasteiger partial charge in [0.25, 0.3) is 0 Å². The summed E-state index contributed by atoms with van der Waals surface area (Å²) in [5.74, 6) is 0.0242. The molecule has 2 N–H and O–H groups in total. The first kappa shape index (κ1) is 15.3. The van der Waals surface area contributed by atoms with Gasteiger partial charge < -0.3 is 15.2 Å². The maximum atomic E-state index is 11.8. The number of ether oxygens (including phenoxy) is 1. The van der Waals surface area contributed by atoms with Gasteiger partial charge in [-0.25, -0.2) is 0 Å². The van der Waals surface area contributed by atoms with Crippen molar-refractivity contribution < 1.29 is 19.4 Å². The number of hydrogen-bond acceptors (Lipinski definition) is 4. The summed E-state index contributed by atoms with van der Waals surface area (Å²) >= 11 is 1.71. The van der Waals surface area contributed by atoms with Gasteiger partial charge >= 0.3 is 5.97 Å². The Kier molecular flexibility index (Phi) is 6.49. The van der Waals surface area contributed by atoms with E-state index in [0.717, 1.165) is 12.2 Å². The van der Waals surface area contributed by atoms with Crippen molar-refractivity contribution in [1.82, 2.24) is 5.32 Å². The number of carboxylic acid groups (broad SMARTS) is 1. The maximum absolute atomic E-state index is 11.8. The van der Waals surface area contributed by atoms with E-state index in [4.69, 9.17) is 9.84 Å². The summed E-state index contributed by atoms with van der Waals surface area (Å²) in [7, 11) is 0. The van der Waals surface area contributed by atoms with Crippen LogP contribution >= 0.6 is 11.8 Å². The molecule has 0 aromatic carbocycles. The summed E-state index contributed by atoms with van der Waals surface area (Å²) in [4.78, 5) is 22.7. The van der Waals surface area contributed by atoms with Gasteiger partial charge in [-0.2, -0.15) is 11.8 Å². The van der Waals surface area contributed by atoms with E-state index in [1.54, 1.807) is 11.8 Å². The zero-order valence-corrected chi connectivity index (χ0v) is 11.6. The summed E-state index contributed by atoms with van der Waals surface area (Å²) < 4.78 is 5.24. The Morgan fingerprint density at radius 2 is 2.06 bits per heavy atom. The van der Waals surface area contributed by atoms with Crippen LogP contribution in [0.5, 0.6) is 0 Å². The van der Waals surface area contributed by atoms with E-state index in [0.29, 0.717) is 32.5 Å². The van der Waals surface area contributed by atoms with Crippen molar-refractivity contribution in [3.63, 3.8) is 0 Å². The first-order chi connectivity index (χ1) is 8.58. The van der Waals surface area contributed by atoms with Gasteiger partial charge in [-0.15, -0.1) is 0 Å². The Morgan fingerprint density at radius 1 is 1.39 bits per heavy atom. The fraction of sp³-hybridized carbons (Fsp3) is 0.833. The molecular formula is C12H21NO4S. The predicted molar refractivity (Wildman–Crippen MR) is 70.8 cm³/mol. The zero-order valence-electron chi connectivity index (χ0n) is 10.7. The first-order valence-corrected chi connectivity index (χ1v) is 7.57. The molecule has 0 unspecified atom stereocenters. The number of thioether (sulfide) groups is 1. The minimum Gasteiger partial charge on any atom is -0.481 e. The average Bonchev–Trinajstić information content (AvgIpc) is 2.29. The molecule has 1 aliphatic heterocycles. The van der Waals surface area contributed by atoms with E-state index in [9.17, 15) is 9.59 Å². The number of carbonyl (C=O) groups is 2. The number of carbonyl (C=O) groups excluding carboxylic acids is 1. The van der Waals surface area contributed by atoms with Crippen LogP contribution in [-0.4, -0.2) is 47.7 Å². The lowest BCUT2D eigenvalue weighted by molar-refractivity contribution is -0.140. The highest BCUT2D eigenvalue weighted by Crippen LogP contribution is 2.24. The molecule has 0 saturated carbocycles. The molecule has 0 aliphatic carbocycles. The van der Waals surface area contributed by atoms with E-state index >= 15 is 0 Å². The molecule has 18 heavy (non-hydrogen) atoms. The molecule has 1 amide bonds. The second kappa shape index (κ2) is 7.63.